The number of carbonyl (C=O) groups excluding carboxylic acids is 1. The van der Waals surface area contributed by atoms with Crippen molar-refractivity contribution in [2.75, 3.05) is 0 Å². The number of hydrogen-bond donors (Lipinski definition) is 0. The molecule has 0 aliphatic heterocycles. The minimum atomic E-state index is -0.428. The highest BCUT2D eigenvalue weighted by Gasteiger charge is 2.14. The highest BCUT2D eigenvalue weighted by Crippen LogP contribution is 2.25. The molecule has 0 saturated heterocycles. The third-order valence-corrected chi connectivity index (χ3v) is 3.94. The summed E-state index contributed by atoms with van der Waals surface area (Å²) in [5, 5.41) is 0.599. The molecule has 0 atom stereocenters. The SMILES string of the molecule is Cc1sc2ncn(CC(=O)OC(C)C)c(=O)c2c1C. The van der Waals surface area contributed by atoms with Gasteiger partial charge in [-0.2, -0.15) is 0 Å². The van der Waals surface area contributed by atoms with E-state index in [1.54, 1.807) is 13.8 Å². The van der Waals surface area contributed by atoms with E-state index in [1.807, 2.05) is 13.8 Å². The molecule has 0 aromatic carbocycles. The highest BCUT2D eigenvalue weighted by atomic mass is 32.1. The van der Waals surface area contributed by atoms with Gasteiger partial charge < -0.3 is 4.74 Å². The second-order valence-corrected chi connectivity index (χ2v) is 5.88. The number of carbonyl (C=O) groups is 1. The van der Waals surface area contributed by atoms with Gasteiger partial charge in [0, 0.05) is 4.88 Å². The lowest BCUT2D eigenvalue weighted by Crippen LogP contribution is -2.26. The van der Waals surface area contributed by atoms with Gasteiger partial charge >= 0.3 is 5.97 Å². The molecule has 2 heterocycles. The summed E-state index contributed by atoms with van der Waals surface area (Å²) in [4.78, 5) is 29.9. The molecular formula is C13H16N2O3S. The quantitative estimate of drug-likeness (QED) is 0.807. The Kier molecular flexibility index (Phi) is 3.71. The molecule has 0 N–H and O–H groups in total. The van der Waals surface area contributed by atoms with Gasteiger partial charge in [0.25, 0.3) is 5.56 Å². The fraction of sp³-hybridized carbons (Fsp3) is 0.462. The van der Waals surface area contributed by atoms with Crippen LogP contribution < -0.4 is 5.56 Å². The molecule has 0 saturated carbocycles. The first-order chi connectivity index (χ1) is 8.90. The summed E-state index contributed by atoms with van der Waals surface area (Å²) in [6, 6.07) is 0. The summed E-state index contributed by atoms with van der Waals surface area (Å²) in [7, 11) is 0. The van der Waals surface area contributed by atoms with E-state index >= 15 is 0 Å². The maximum absolute atomic E-state index is 12.3. The normalized spacial score (nSPS) is 11.2. The van der Waals surface area contributed by atoms with Crippen LogP contribution >= 0.6 is 11.3 Å². The average molecular weight is 280 g/mol. The summed E-state index contributed by atoms with van der Waals surface area (Å²) in [6.07, 6.45) is 1.21. The third-order valence-electron chi connectivity index (χ3n) is 2.82. The first-order valence-corrected chi connectivity index (χ1v) is 6.86. The van der Waals surface area contributed by atoms with Gasteiger partial charge in [-0.15, -0.1) is 11.3 Å². The average Bonchev–Trinajstić information content (AvgIpc) is 2.59. The van der Waals surface area contributed by atoms with Crippen molar-refractivity contribution in [1.82, 2.24) is 9.55 Å². The third kappa shape index (κ3) is 2.68. The Balaban J connectivity index is 2.40. The molecule has 6 heteroatoms. The molecule has 0 fully saturated rings. The van der Waals surface area contributed by atoms with Crippen LogP contribution in [0.4, 0.5) is 0 Å². The molecule has 5 nitrogen and oxygen atoms in total. The largest absolute Gasteiger partial charge is 0.462 e. The minimum absolute atomic E-state index is 0.103. The number of nitrogens with zero attached hydrogens (tertiary/aromatic N) is 2. The van der Waals surface area contributed by atoms with Crippen LogP contribution in [0.25, 0.3) is 10.2 Å². The number of hydrogen-bond acceptors (Lipinski definition) is 5. The molecule has 2 rings (SSSR count). The van der Waals surface area contributed by atoms with E-state index in [-0.39, 0.29) is 18.2 Å². The molecule has 0 amide bonds. The molecule has 0 unspecified atom stereocenters. The van der Waals surface area contributed by atoms with Crippen LogP contribution in [0.3, 0.4) is 0 Å². The predicted molar refractivity (Wildman–Crippen MR) is 74.6 cm³/mol. The summed E-state index contributed by atoms with van der Waals surface area (Å²) < 4.78 is 6.33. The molecule has 0 aliphatic carbocycles. The lowest BCUT2D eigenvalue weighted by Gasteiger charge is -2.09. The van der Waals surface area contributed by atoms with Gasteiger partial charge in [-0.1, -0.05) is 0 Å². The van der Waals surface area contributed by atoms with Gasteiger partial charge in [-0.05, 0) is 33.3 Å². The first-order valence-electron chi connectivity index (χ1n) is 6.04. The second-order valence-electron chi connectivity index (χ2n) is 4.68. The standard InChI is InChI=1S/C13H16N2O3S/c1-7(2)18-10(16)5-15-6-14-12-11(13(15)17)8(3)9(4)19-12/h6-7H,5H2,1-4H3. The van der Waals surface area contributed by atoms with Crippen molar-refractivity contribution in [3.05, 3.63) is 27.1 Å². The Bertz CT molecular complexity index is 685. The van der Waals surface area contributed by atoms with Crippen LogP contribution in [0.15, 0.2) is 11.1 Å². The Hall–Kier alpha value is -1.69. The molecule has 0 radical (unpaired) electrons. The molecule has 0 spiro atoms. The Labute approximate surface area is 114 Å². The van der Waals surface area contributed by atoms with Crippen molar-refractivity contribution in [1.29, 1.82) is 0 Å². The number of rotatable bonds is 3. The van der Waals surface area contributed by atoms with Crippen LogP contribution in [0.5, 0.6) is 0 Å². The van der Waals surface area contributed by atoms with Crippen LogP contribution in [0, 0.1) is 13.8 Å². The van der Waals surface area contributed by atoms with Gasteiger partial charge in [0.15, 0.2) is 0 Å². The predicted octanol–water partition coefficient (Wildman–Crippen LogP) is 2.03. The van der Waals surface area contributed by atoms with Crippen molar-refractivity contribution < 1.29 is 9.53 Å². The zero-order chi connectivity index (χ0) is 14.2. The summed E-state index contributed by atoms with van der Waals surface area (Å²) in [5.41, 5.74) is 0.747. The van der Waals surface area contributed by atoms with E-state index in [9.17, 15) is 9.59 Å². The van der Waals surface area contributed by atoms with Gasteiger partial charge in [-0.3, -0.25) is 14.2 Å². The topological polar surface area (TPSA) is 61.2 Å². The summed E-state index contributed by atoms with van der Waals surface area (Å²) >= 11 is 1.49. The monoisotopic (exact) mass is 280 g/mol. The van der Waals surface area contributed by atoms with Crippen LogP contribution in [-0.4, -0.2) is 21.6 Å². The number of ether oxygens (including phenoxy) is 1. The van der Waals surface area contributed by atoms with Crippen molar-refractivity contribution in [3.63, 3.8) is 0 Å². The second kappa shape index (κ2) is 5.13. The number of esters is 1. The Morgan fingerprint density at radius 1 is 1.47 bits per heavy atom. The fourth-order valence-electron chi connectivity index (χ4n) is 1.82. The fourth-order valence-corrected chi connectivity index (χ4v) is 2.81. The molecule has 2 aromatic heterocycles. The lowest BCUT2D eigenvalue weighted by atomic mass is 10.2. The lowest BCUT2D eigenvalue weighted by molar-refractivity contribution is -0.148. The Morgan fingerprint density at radius 3 is 2.79 bits per heavy atom. The highest BCUT2D eigenvalue weighted by molar-refractivity contribution is 7.18. The summed E-state index contributed by atoms with van der Waals surface area (Å²) in [6.45, 7) is 7.30. The van der Waals surface area contributed by atoms with E-state index in [0.717, 1.165) is 10.4 Å². The Morgan fingerprint density at radius 2 is 2.16 bits per heavy atom. The van der Waals surface area contributed by atoms with E-state index in [4.69, 9.17) is 4.74 Å². The minimum Gasteiger partial charge on any atom is -0.462 e. The van der Waals surface area contributed by atoms with E-state index < -0.39 is 5.97 Å². The zero-order valence-corrected chi connectivity index (χ0v) is 12.2. The maximum Gasteiger partial charge on any atom is 0.326 e. The molecular weight excluding hydrogens is 264 g/mol. The van der Waals surface area contributed by atoms with Crippen molar-refractivity contribution in [2.45, 2.75) is 40.3 Å². The van der Waals surface area contributed by atoms with Gasteiger partial charge in [0.05, 0.1) is 17.8 Å². The van der Waals surface area contributed by atoms with Gasteiger partial charge in [0.1, 0.15) is 11.4 Å². The molecule has 102 valence electrons. The van der Waals surface area contributed by atoms with Crippen molar-refractivity contribution in [3.8, 4) is 0 Å². The maximum atomic E-state index is 12.3. The number of aromatic nitrogens is 2. The molecule has 2 aromatic rings. The smallest absolute Gasteiger partial charge is 0.326 e. The van der Waals surface area contributed by atoms with Crippen molar-refractivity contribution in [2.24, 2.45) is 0 Å². The number of fused-ring (bicyclic) bond motifs is 1. The van der Waals surface area contributed by atoms with Crippen LogP contribution in [0.2, 0.25) is 0 Å². The van der Waals surface area contributed by atoms with E-state index in [2.05, 4.69) is 4.98 Å². The van der Waals surface area contributed by atoms with Crippen LogP contribution in [0.1, 0.15) is 24.3 Å². The molecule has 0 bridgehead atoms. The van der Waals surface area contributed by atoms with Crippen LogP contribution in [-0.2, 0) is 16.1 Å². The van der Waals surface area contributed by atoms with Gasteiger partial charge in [-0.25, -0.2) is 4.98 Å². The van der Waals surface area contributed by atoms with Gasteiger partial charge in [0.2, 0.25) is 0 Å². The molecule has 0 aliphatic rings. The van der Waals surface area contributed by atoms with E-state index in [0.29, 0.717) is 10.2 Å². The number of aryl methyl sites for hydroxylation is 2. The summed E-state index contributed by atoms with van der Waals surface area (Å²) in [5.74, 6) is -0.428. The first kappa shape index (κ1) is 13.7. The zero-order valence-electron chi connectivity index (χ0n) is 11.4. The van der Waals surface area contributed by atoms with E-state index in [1.165, 1.54) is 22.2 Å². The van der Waals surface area contributed by atoms with Crippen molar-refractivity contribution >= 4 is 27.5 Å². The number of thiophene rings is 1. The molecule has 19 heavy (non-hydrogen) atoms.